The Balaban J connectivity index is 5.01. The molecule has 2 unspecified atom stereocenters. The van der Waals surface area contributed by atoms with Gasteiger partial charge in [-0.25, -0.2) is 8.42 Å². The lowest BCUT2D eigenvalue weighted by Crippen LogP contribution is -2.30. The molecule has 0 bridgehead atoms. The fraction of sp³-hybridized carbons (Fsp3) is 1.00. The molecule has 154 valence electrons. The summed E-state index contributed by atoms with van der Waals surface area (Å²) in [4.78, 5) is 10.4. The maximum Gasteiger partial charge on any atom is 0.153 e. The van der Waals surface area contributed by atoms with E-state index in [1.54, 1.807) is 0 Å². The first-order valence-corrected chi connectivity index (χ1v) is 12.0. The topological polar surface area (TPSA) is 270 Å². The van der Waals surface area contributed by atoms with Crippen LogP contribution in [-0.2, 0) is 22.2 Å². The van der Waals surface area contributed by atoms with E-state index in [-0.39, 0.29) is 11.5 Å². The summed E-state index contributed by atoms with van der Waals surface area (Å²) in [5.74, 6) is -0.642. The van der Waals surface area contributed by atoms with Gasteiger partial charge in [0.25, 0.3) is 0 Å². The fourth-order valence-electron chi connectivity index (χ4n) is 1.68. The maximum atomic E-state index is 11.0. The van der Waals surface area contributed by atoms with Gasteiger partial charge < -0.3 is 9.11 Å². The molecule has 16 nitrogen and oxygen atoms in total. The van der Waals surface area contributed by atoms with Gasteiger partial charge in [-0.05, 0) is 22.1 Å². The highest BCUT2D eigenvalue weighted by Crippen LogP contribution is 2.28. The monoisotopic (exact) mass is 470 g/mol. The van der Waals surface area contributed by atoms with Gasteiger partial charge in [0.15, 0.2) is 22.2 Å². The molecule has 0 aromatic heterocycles. The molecule has 2 N–H and O–H groups in total. The number of nitrogens with zero attached hydrogens (tertiary/aromatic N) is 12. The van der Waals surface area contributed by atoms with E-state index in [9.17, 15) is 8.42 Å². The van der Waals surface area contributed by atoms with Crippen molar-refractivity contribution < 1.29 is 17.5 Å². The lowest BCUT2D eigenvalue weighted by atomic mass is 10.2. The van der Waals surface area contributed by atoms with E-state index in [2.05, 4.69) is 40.1 Å². The molecule has 0 spiro atoms. The summed E-state index contributed by atoms with van der Waals surface area (Å²) >= 11 is -4.54. The van der Waals surface area contributed by atoms with Crippen LogP contribution in [0.4, 0.5) is 0 Å². The second-order valence-electron chi connectivity index (χ2n) is 4.63. The third kappa shape index (κ3) is 11.8. The van der Waals surface area contributed by atoms with Crippen molar-refractivity contribution in [2.75, 3.05) is 23.0 Å². The summed E-state index contributed by atoms with van der Waals surface area (Å²) < 4.78 is 39.8. The molecule has 6 atom stereocenters. The van der Waals surface area contributed by atoms with Crippen molar-refractivity contribution in [2.45, 2.75) is 24.2 Å². The Morgan fingerprint density at radius 2 is 0.964 bits per heavy atom. The van der Waals surface area contributed by atoms with Crippen LogP contribution in [0.25, 0.3) is 41.8 Å². The molecule has 0 fully saturated rings. The molecule has 0 amide bonds. The zero-order valence-electron chi connectivity index (χ0n) is 13.8. The van der Waals surface area contributed by atoms with E-state index in [0.717, 1.165) is 21.6 Å². The van der Waals surface area contributed by atoms with Gasteiger partial charge in [-0.3, -0.25) is 0 Å². The van der Waals surface area contributed by atoms with Gasteiger partial charge in [-0.2, -0.15) is 0 Å². The quantitative estimate of drug-likeness (QED) is 0.0900. The van der Waals surface area contributed by atoms with Crippen LogP contribution in [0, 0.1) is 0 Å². The Morgan fingerprint density at radius 1 is 0.679 bits per heavy atom. The van der Waals surface area contributed by atoms with Crippen molar-refractivity contribution in [1.29, 1.82) is 0 Å². The summed E-state index contributed by atoms with van der Waals surface area (Å²) in [7, 11) is 2.25. The average Bonchev–Trinajstić information content (AvgIpc) is 2.62. The molecular weight excluding hydrogens is 456 g/mol. The summed E-state index contributed by atoms with van der Waals surface area (Å²) in [6.45, 7) is 0. The summed E-state index contributed by atoms with van der Waals surface area (Å²) in [6.07, 6.45) is 0. The summed E-state index contributed by atoms with van der Waals surface area (Å²) in [6, 6.07) is -3.91. The average molecular weight is 471 g/mol. The highest BCUT2D eigenvalue weighted by atomic mass is 33.1. The zero-order chi connectivity index (χ0) is 21.4. The van der Waals surface area contributed by atoms with Crippen LogP contribution in [0.2, 0.25) is 0 Å². The van der Waals surface area contributed by atoms with Gasteiger partial charge >= 0.3 is 0 Å². The first-order valence-electron chi connectivity index (χ1n) is 6.95. The molecule has 20 heteroatoms. The first-order chi connectivity index (χ1) is 13.4. The van der Waals surface area contributed by atoms with Crippen molar-refractivity contribution >= 4 is 43.7 Å². The van der Waals surface area contributed by atoms with E-state index >= 15 is 0 Å². The summed E-state index contributed by atoms with van der Waals surface area (Å²) in [5, 5.41) is 13.7. The molecule has 28 heavy (non-hydrogen) atoms. The predicted molar refractivity (Wildman–Crippen MR) is 108 cm³/mol. The highest BCUT2D eigenvalue weighted by Gasteiger charge is 2.24. The van der Waals surface area contributed by atoms with Crippen LogP contribution in [0.5, 0.6) is 0 Å². The van der Waals surface area contributed by atoms with Gasteiger partial charge in [0.2, 0.25) is 0 Å². The predicted octanol–water partition coefficient (Wildman–Crippen LogP) is 3.53. The lowest BCUT2D eigenvalue weighted by molar-refractivity contribution is 0.538. The molecule has 0 aliphatic rings. The number of rotatable bonds is 15. The molecular formula is C8H14N12O4S4. The Labute approximate surface area is 170 Å². The van der Waals surface area contributed by atoms with Crippen LogP contribution in [0.15, 0.2) is 20.5 Å². The Kier molecular flexibility index (Phi) is 15.1. The standard InChI is InChI=1S/C8H14N12O4S4/c9-17-13-5(7(15-19-11)3-27(21)22)1-25-26-2-6(14-18-10)8(16-20-12)4-28(23)24/h5-8H,1-4H2,(H,21,22)(H,23,24)/t5-,6-,7-,8-/m0/s1. The van der Waals surface area contributed by atoms with Crippen molar-refractivity contribution in [1.82, 2.24) is 0 Å². The van der Waals surface area contributed by atoms with E-state index in [0.29, 0.717) is 0 Å². The molecule has 0 saturated heterocycles. The normalized spacial score (nSPS) is 16.5. The molecule has 0 aliphatic heterocycles. The number of hydrogen-bond donors (Lipinski definition) is 2. The van der Waals surface area contributed by atoms with E-state index in [1.807, 2.05) is 0 Å². The second kappa shape index (κ2) is 16.1. The van der Waals surface area contributed by atoms with E-state index < -0.39 is 57.8 Å². The zero-order valence-corrected chi connectivity index (χ0v) is 17.1. The molecule has 0 rings (SSSR count). The molecule has 0 aromatic carbocycles. The van der Waals surface area contributed by atoms with Crippen LogP contribution in [0.1, 0.15) is 0 Å². The third-order valence-corrected chi connectivity index (χ3v) is 6.57. The van der Waals surface area contributed by atoms with Crippen molar-refractivity contribution in [3.05, 3.63) is 41.8 Å². The van der Waals surface area contributed by atoms with Crippen LogP contribution < -0.4 is 0 Å². The minimum atomic E-state index is -2.27. The Morgan fingerprint density at radius 3 is 1.21 bits per heavy atom. The minimum absolute atomic E-state index is 0.0940. The Hall–Kier alpha value is -1.84. The first kappa shape index (κ1) is 26.2. The van der Waals surface area contributed by atoms with Crippen molar-refractivity contribution in [3.63, 3.8) is 0 Å². The third-order valence-electron chi connectivity index (χ3n) is 2.88. The molecule has 0 aromatic rings. The number of azide groups is 4. The second-order valence-corrected chi connectivity index (χ2v) is 9.14. The fourth-order valence-corrected chi connectivity index (χ4v) is 5.30. The van der Waals surface area contributed by atoms with Gasteiger partial charge in [0.1, 0.15) is 0 Å². The van der Waals surface area contributed by atoms with Crippen LogP contribution in [-0.4, -0.2) is 64.7 Å². The molecule has 0 saturated carbocycles. The van der Waals surface area contributed by atoms with E-state index in [4.69, 9.17) is 31.2 Å². The SMILES string of the molecule is [N-]=[N+]=N[C@@H](CSSC[C@H](N=[N+]=[N-])[C@H](CS(=O)O)N=[N+]=[N-])[C@H](CS(=O)O)N=[N+]=[N-]. The van der Waals surface area contributed by atoms with Gasteiger partial charge in [0.05, 0.1) is 35.7 Å². The largest absolute Gasteiger partial charge is 0.306 e. The van der Waals surface area contributed by atoms with Crippen LogP contribution in [0.3, 0.4) is 0 Å². The smallest absolute Gasteiger partial charge is 0.153 e. The molecule has 0 heterocycles. The van der Waals surface area contributed by atoms with Gasteiger partial charge in [0, 0.05) is 31.2 Å². The highest BCUT2D eigenvalue weighted by molar-refractivity contribution is 8.76. The minimum Gasteiger partial charge on any atom is -0.306 e. The maximum absolute atomic E-state index is 11.0. The lowest BCUT2D eigenvalue weighted by Gasteiger charge is -2.19. The van der Waals surface area contributed by atoms with Crippen LogP contribution >= 0.6 is 21.6 Å². The van der Waals surface area contributed by atoms with E-state index in [1.165, 1.54) is 0 Å². The van der Waals surface area contributed by atoms with Crippen molar-refractivity contribution in [2.24, 2.45) is 20.5 Å². The van der Waals surface area contributed by atoms with Gasteiger partial charge in [-0.15, -0.1) is 0 Å². The number of hydrogen-bond acceptors (Lipinski definition) is 8. The molecule has 0 radical (unpaired) electrons. The summed E-state index contributed by atoms with van der Waals surface area (Å²) in [5.41, 5.74) is 34.4. The van der Waals surface area contributed by atoms with Gasteiger partial charge in [-0.1, -0.05) is 42.0 Å². The molecule has 0 aliphatic carbocycles. The van der Waals surface area contributed by atoms with Crippen molar-refractivity contribution in [3.8, 4) is 0 Å². The Bertz CT molecular complexity index is 680.